The summed E-state index contributed by atoms with van der Waals surface area (Å²) in [5.74, 6) is 0.440. The van der Waals surface area contributed by atoms with Gasteiger partial charge in [-0.25, -0.2) is 4.68 Å². The fourth-order valence-corrected chi connectivity index (χ4v) is 4.08. The Balaban J connectivity index is 1.82. The molecule has 16 heteroatoms. The van der Waals surface area contributed by atoms with Crippen molar-refractivity contribution in [3.63, 3.8) is 0 Å². The van der Waals surface area contributed by atoms with Crippen molar-refractivity contribution in [2.45, 2.75) is 58.4 Å². The first kappa shape index (κ1) is 44.1. The van der Waals surface area contributed by atoms with E-state index in [1.807, 2.05) is 6.20 Å². The molecule has 0 bridgehead atoms. The molecule has 2 N–H and O–H groups in total. The lowest BCUT2D eigenvalue weighted by molar-refractivity contribution is -0.126. The molecule has 15 nitrogen and oxygen atoms in total. The van der Waals surface area contributed by atoms with E-state index in [0.717, 1.165) is 56.9 Å². The van der Waals surface area contributed by atoms with Crippen LogP contribution in [0.3, 0.4) is 0 Å². The van der Waals surface area contributed by atoms with Gasteiger partial charge in [0.05, 0.1) is 98.1 Å². The number of aromatic nitrogens is 3. The van der Waals surface area contributed by atoms with Crippen LogP contribution in [-0.2, 0) is 60.4 Å². The van der Waals surface area contributed by atoms with E-state index in [1.165, 1.54) is 0 Å². The molecule has 0 fully saturated rings. The topological polar surface area (TPSA) is 163 Å². The van der Waals surface area contributed by atoms with Crippen LogP contribution in [0.5, 0.6) is 0 Å². The maximum atomic E-state index is 12.1. The summed E-state index contributed by atoms with van der Waals surface area (Å²) in [6.45, 7) is 10.9. The van der Waals surface area contributed by atoms with Gasteiger partial charge in [-0.1, -0.05) is 25.0 Å². The van der Waals surface area contributed by atoms with Crippen LogP contribution in [0, 0.1) is 0 Å². The normalized spacial score (nSPS) is 11.3. The van der Waals surface area contributed by atoms with E-state index in [4.69, 9.17) is 49.5 Å². The fourth-order valence-electron chi connectivity index (χ4n) is 3.89. The Hall–Kier alpha value is -1.95. The van der Waals surface area contributed by atoms with Gasteiger partial charge in [0.2, 0.25) is 11.8 Å². The van der Waals surface area contributed by atoms with Gasteiger partial charge in [0.15, 0.2) is 0 Å². The van der Waals surface area contributed by atoms with Gasteiger partial charge in [0.1, 0.15) is 6.61 Å². The highest BCUT2D eigenvalue weighted by Gasteiger charge is 2.06. The summed E-state index contributed by atoms with van der Waals surface area (Å²) in [7, 11) is 0. The van der Waals surface area contributed by atoms with Gasteiger partial charge in [-0.2, -0.15) is 0 Å². The van der Waals surface area contributed by atoms with E-state index in [-0.39, 0.29) is 18.4 Å². The highest BCUT2D eigenvalue weighted by atomic mass is 35.5. The third kappa shape index (κ3) is 30.1. The molecule has 0 saturated carbocycles. The van der Waals surface area contributed by atoms with Crippen molar-refractivity contribution in [1.82, 2.24) is 25.6 Å². The Morgan fingerprint density at radius 1 is 0.646 bits per heavy atom. The number of nitrogens with one attached hydrogen (secondary N) is 2. The molecular formula is C32H60ClN5O10. The summed E-state index contributed by atoms with van der Waals surface area (Å²) >= 11 is 5.65. The molecule has 2 amide bonds. The van der Waals surface area contributed by atoms with Crippen molar-refractivity contribution in [1.29, 1.82) is 0 Å². The zero-order chi connectivity index (χ0) is 34.6. The van der Waals surface area contributed by atoms with Gasteiger partial charge < -0.3 is 48.5 Å². The minimum Gasteiger partial charge on any atom is -0.379 e. The predicted molar refractivity (Wildman–Crippen MR) is 180 cm³/mol. The van der Waals surface area contributed by atoms with Crippen LogP contribution in [0.15, 0.2) is 6.20 Å². The van der Waals surface area contributed by atoms with E-state index in [9.17, 15) is 9.59 Å². The number of carbonyl (C=O) groups is 2. The molecule has 1 aromatic rings. The van der Waals surface area contributed by atoms with Crippen LogP contribution >= 0.6 is 11.6 Å². The molecule has 0 aliphatic carbocycles. The second kappa shape index (κ2) is 34.9. The number of rotatable bonds is 37. The molecule has 280 valence electrons. The van der Waals surface area contributed by atoms with Crippen molar-refractivity contribution in [2.75, 3.05) is 125 Å². The number of hydrogen-bond acceptors (Lipinski definition) is 12. The fraction of sp³-hybridized carbons (Fsp3) is 0.875. The smallest absolute Gasteiger partial charge is 0.246 e. The number of carbonyl (C=O) groups excluding carboxylic acids is 2. The minimum atomic E-state index is -0.202. The molecule has 0 saturated heterocycles. The number of halogens is 1. The summed E-state index contributed by atoms with van der Waals surface area (Å²) < 4.78 is 45.2. The number of alkyl halides is 1. The minimum absolute atomic E-state index is 0.0354. The highest BCUT2D eigenvalue weighted by molar-refractivity contribution is 6.17. The van der Waals surface area contributed by atoms with Crippen molar-refractivity contribution < 1.29 is 47.5 Å². The molecule has 48 heavy (non-hydrogen) atoms. The first-order valence-corrected chi connectivity index (χ1v) is 17.8. The standard InChI is InChI=1S/C32H60ClN5O10/c1-2-13-41-18-23-46-25-22-45-17-12-38-28-30(36-37-38)7-8-31(39)34-10-15-43-21-24-47-26-27-48-29-32(40)35-11-16-44-20-19-42-14-6-4-3-5-9-33/h28H,2-27,29H2,1H3,(H,34,39)(H,35,40). The van der Waals surface area contributed by atoms with E-state index in [0.29, 0.717) is 118 Å². The number of amides is 2. The summed E-state index contributed by atoms with van der Waals surface area (Å²) in [5.41, 5.74) is 0.751. The number of nitrogens with zero attached hydrogens (tertiary/aromatic N) is 3. The zero-order valence-electron chi connectivity index (χ0n) is 29.0. The Bertz CT molecular complexity index is 871. The van der Waals surface area contributed by atoms with Crippen LogP contribution in [-0.4, -0.2) is 151 Å². The Kier molecular flexibility index (Phi) is 32.0. The molecule has 0 atom stereocenters. The second-order valence-corrected chi connectivity index (χ2v) is 11.0. The number of ether oxygens (including phenoxy) is 8. The largest absolute Gasteiger partial charge is 0.379 e. The maximum Gasteiger partial charge on any atom is 0.246 e. The highest BCUT2D eigenvalue weighted by Crippen LogP contribution is 2.01. The van der Waals surface area contributed by atoms with Crippen molar-refractivity contribution >= 4 is 23.4 Å². The van der Waals surface area contributed by atoms with E-state index in [2.05, 4.69) is 27.9 Å². The SMILES string of the molecule is CCCOCCOCCOCCn1cc(CCC(=O)NCCOCCOCCOCC(=O)NCCOCCOCCCCCCCl)nn1. The summed E-state index contributed by atoms with van der Waals surface area (Å²) in [6.07, 6.45) is 8.01. The van der Waals surface area contributed by atoms with Crippen LogP contribution < -0.4 is 10.6 Å². The third-order valence-corrected chi connectivity index (χ3v) is 6.68. The van der Waals surface area contributed by atoms with Crippen LogP contribution in [0.1, 0.15) is 51.1 Å². The first-order valence-electron chi connectivity index (χ1n) is 17.3. The summed E-state index contributed by atoms with van der Waals surface area (Å²) in [6, 6.07) is 0. The molecule has 0 unspecified atom stereocenters. The Labute approximate surface area is 291 Å². The van der Waals surface area contributed by atoms with Gasteiger partial charge in [0.25, 0.3) is 0 Å². The van der Waals surface area contributed by atoms with E-state index < -0.39 is 0 Å². The van der Waals surface area contributed by atoms with Crippen LogP contribution in [0.2, 0.25) is 0 Å². The quantitative estimate of drug-likeness (QED) is 0.0762. The van der Waals surface area contributed by atoms with Crippen molar-refractivity contribution in [3.8, 4) is 0 Å². The molecule has 0 aromatic carbocycles. The van der Waals surface area contributed by atoms with Gasteiger partial charge in [-0.15, -0.1) is 16.7 Å². The first-order chi connectivity index (χ1) is 23.7. The van der Waals surface area contributed by atoms with Gasteiger partial charge in [0, 0.05) is 51.2 Å². The predicted octanol–water partition coefficient (Wildman–Crippen LogP) is 1.79. The molecule has 0 radical (unpaired) electrons. The average molecular weight is 710 g/mol. The molecule has 1 rings (SSSR count). The van der Waals surface area contributed by atoms with Crippen LogP contribution in [0.25, 0.3) is 0 Å². The van der Waals surface area contributed by atoms with Gasteiger partial charge in [-0.05, 0) is 19.3 Å². The monoisotopic (exact) mass is 709 g/mol. The zero-order valence-corrected chi connectivity index (χ0v) is 29.7. The average Bonchev–Trinajstić information content (AvgIpc) is 3.55. The Morgan fingerprint density at radius 3 is 1.79 bits per heavy atom. The molecule has 0 aliphatic rings. The van der Waals surface area contributed by atoms with Gasteiger partial charge >= 0.3 is 0 Å². The van der Waals surface area contributed by atoms with E-state index in [1.54, 1.807) is 4.68 Å². The molecule has 1 aromatic heterocycles. The van der Waals surface area contributed by atoms with Crippen molar-refractivity contribution in [3.05, 3.63) is 11.9 Å². The van der Waals surface area contributed by atoms with Crippen LogP contribution in [0.4, 0.5) is 0 Å². The Morgan fingerprint density at radius 2 is 1.17 bits per heavy atom. The lowest BCUT2D eigenvalue weighted by Crippen LogP contribution is -2.31. The summed E-state index contributed by atoms with van der Waals surface area (Å²) in [5, 5.41) is 13.8. The molecular weight excluding hydrogens is 650 g/mol. The molecule has 0 spiro atoms. The van der Waals surface area contributed by atoms with Crippen molar-refractivity contribution in [2.24, 2.45) is 0 Å². The lowest BCUT2D eigenvalue weighted by atomic mass is 10.2. The number of aryl methyl sites for hydroxylation is 1. The van der Waals surface area contributed by atoms with Gasteiger partial charge in [-0.3, -0.25) is 9.59 Å². The molecule has 1 heterocycles. The summed E-state index contributed by atoms with van der Waals surface area (Å²) in [4.78, 5) is 23.9. The maximum absolute atomic E-state index is 12.1. The number of unbranched alkanes of at least 4 members (excludes halogenated alkanes) is 3. The van der Waals surface area contributed by atoms with E-state index >= 15 is 0 Å². The molecule has 0 aliphatic heterocycles. The lowest BCUT2D eigenvalue weighted by Gasteiger charge is -2.09. The second-order valence-electron chi connectivity index (χ2n) is 10.6. The third-order valence-electron chi connectivity index (χ3n) is 6.41. The number of hydrogen-bond donors (Lipinski definition) is 2.